The van der Waals surface area contributed by atoms with Gasteiger partial charge in [0.25, 0.3) is 0 Å². The molecule has 0 amide bonds. The van der Waals surface area contributed by atoms with E-state index in [0.29, 0.717) is 6.04 Å². The second-order valence-corrected chi connectivity index (χ2v) is 5.33. The molecule has 0 fully saturated rings. The van der Waals surface area contributed by atoms with Crippen molar-refractivity contribution >= 4 is 5.82 Å². The van der Waals surface area contributed by atoms with Crippen LogP contribution >= 0.6 is 0 Å². The molecule has 0 aliphatic carbocycles. The molecule has 0 saturated carbocycles. The fourth-order valence-corrected chi connectivity index (χ4v) is 2.87. The average molecular weight is 268 g/mol. The lowest BCUT2D eigenvalue weighted by Gasteiger charge is -2.37. The lowest BCUT2D eigenvalue weighted by molar-refractivity contribution is 0.523. The monoisotopic (exact) mass is 268 g/mol. The Bertz CT molecular complexity index is 597. The molecule has 4 heteroatoms. The predicted octanol–water partition coefficient (Wildman–Crippen LogP) is 1.94. The Hall–Kier alpha value is -1.94. The van der Waals surface area contributed by atoms with E-state index in [1.807, 2.05) is 14.0 Å². The Kier molecular flexibility index (Phi) is 3.65. The molecule has 1 aliphatic heterocycles. The maximum absolute atomic E-state index is 4.46. The largest absolute Gasteiger partial charge is 0.348 e. The summed E-state index contributed by atoms with van der Waals surface area (Å²) in [7, 11) is 2.00. The summed E-state index contributed by atoms with van der Waals surface area (Å²) in [5.74, 6) is 1.02. The number of benzene rings is 1. The van der Waals surface area contributed by atoms with Gasteiger partial charge in [-0.2, -0.15) is 0 Å². The zero-order chi connectivity index (χ0) is 13.9. The average Bonchev–Trinajstić information content (AvgIpc) is 2.47. The van der Waals surface area contributed by atoms with Crippen LogP contribution in [0.25, 0.3) is 0 Å². The number of rotatable bonds is 3. The molecule has 1 aliphatic rings. The zero-order valence-electron chi connectivity index (χ0n) is 12.0. The molecule has 0 bridgehead atoms. The highest BCUT2D eigenvalue weighted by Crippen LogP contribution is 2.27. The quantitative estimate of drug-likeness (QED) is 0.923. The Morgan fingerprint density at radius 2 is 2.05 bits per heavy atom. The fraction of sp³-hybridized carbons (Fsp3) is 0.375. The highest BCUT2D eigenvalue weighted by Gasteiger charge is 2.26. The van der Waals surface area contributed by atoms with E-state index in [9.17, 15) is 0 Å². The van der Waals surface area contributed by atoms with Gasteiger partial charge in [-0.05, 0) is 31.5 Å². The van der Waals surface area contributed by atoms with Crippen LogP contribution in [0.2, 0.25) is 0 Å². The summed E-state index contributed by atoms with van der Waals surface area (Å²) in [6.07, 6.45) is 2.71. The number of hydrogen-bond acceptors (Lipinski definition) is 4. The van der Waals surface area contributed by atoms with Gasteiger partial charge in [-0.3, -0.25) is 0 Å². The topological polar surface area (TPSA) is 41.0 Å². The first-order chi connectivity index (χ1) is 9.78. The summed E-state index contributed by atoms with van der Waals surface area (Å²) in [4.78, 5) is 11.0. The minimum absolute atomic E-state index is 0.434. The van der Waals surface area contributed by atoms with Gasteiger partial charge < -0.3 is 10.2 Å². The van der Waals surface area contributed by atoms with Crippen molar-refractivity contribution < 1.29 is 0 Å². The smallest absolute Gasteiger partial charge is 0.132 e. The number of likely N-dealkylation sites (N-methyl/N-ethyl adjacent to an activating group) is 1. The van der Waals surface area contributed by atoms with E-state index in [-0.39, 0.29) is 0 Å². The van der Waals surface area contributed by atoms with Crippen LogP contribution in [-0.2, 0) is 13.0 Å². The first-order valence-electron chi connectivity index (χ1n) is 7.04. The predicted molar refractivity (Wildman–Crippen MR) is 80.8 cm³/mol. The molecule has 2 heterocycles. The Morgan fingerprint density at radius 3 is 2.80 bits per heavy atom. The molecular formula is C16H20N4. The van der Waals surface area contributed by atoms with E-state index in [4.69, 9.17) is 0 Å². The summed E-state index contributed by atoms with van der Waals surface area (Å²) in [5, 5.41) is 3.30. The third kappa shape index (κ3) is 2.51. The summed E-state index contributed by atoms with van der Waals surface area (Å²) in [5.41, 5.74) is 3.86. The summed E-state index contributed by atoms with van der Waals surface area (Å²) < 4.78 is 0. The molecular weight excluding hydrogens is 248 g/mol. The Morgan fingerprint density at radius 1 is 1.25 bits per heavy atom. The van der Waals surface area contributed by atoms with Crippen molar-refractivity contribution in [3.63, 3.8) is 0 Å². The molecule has 4 nitrogen and oxygen atoms in total. The lowest BCUT2D eigenvalue weighted by Crippen LogP contribution is -2.46. The van der Waals surface area contributed by atoms with Gasteiger partial charge in [0, 0.05) is 30.9 Å². The van der Waals surface area contributed by atoms with Gasteiger partial charge in [0.15, 0.2) is 0 Å². The molecule has 0 spiro atoms. The third-order valence-corrected chi connectivity index (χ3v) is 3.88. The molecule has 1 atom stereocenters. The highest BCUT2D eigenvalue weighted by atomic mass is 15.2. The fourth-order valence-electron chi connectivity index (χ4n) is 2.87. The van der Waals surface area contributed by atoms with Crippen LogP contribution in [0.4, 0.5) is 5.82 Å². The van der Waals surface area contributed by atoms with Crippen LogP contribution in [0.5, 0.6) is 0 Å². The standard InChI is InChI=1S/C16H20N4/c1-12-7-16(19-11-18-12)20-10-14-6-4-3-5-13(14)8-15(20)9-17-2/h3-7,11,15,17H,8-10H2,1-2H3. The summed E-state index contributed by atoms with van der Waals surface area (Å²) in [6.45, 7) is 3.88. The van der Waals surface area contributed by atoms with E-state index in [1.54, 1.807) is 6.33 Å². The molecule has 1 aromatic heterocycles. The van der Waals surface area contributed by atoms with E-state index in [0.717, 1.165) is 31.0 Å². The second kappa shape index (κ2) is 5.59. The van der Waals surface area contributed by atoms with Crippen LogP contribution in [0, 0.1) is 6.92 Å². The van der Waals surface area contributed by atoms with Gasteiger partial charge in [0.1, 0.15) is 12.1 Å². The molecule has 2 aromatic rings. The number of fused-ring (bicyclic) bond motifs is 1. The van der Waals surface area contributed by atoms with Crippen molar-refractivity contribution in [2.24, 2.45) is 0 Å². The molecule has 1 unspecified atom stereocenters. The minimum atomic E-state index is 0.434. The highest BCUT2D eigenvalue weighted by molar-refractivity contribution is 5.46. The number of anilines is 1. The Balaban J connectivity index is 1.96. The Labute approximate surface area is 119 Å². The van der Waals surface area contributed by atoms with E-state index >= 15 is 0 Å². The van der Waals surface area contributed by atoms with Gasteiger partial charge in [-0.15, -0.1) is 0 Å². The van der Waals surface area contributed by atoms with Gasteiger partial charge in [0.2, 0.25) is 0 Å². The molecule has 0 saturated heterocycles. The van der Waals surface area contributed by atoms with Crippen LogP contribution in [0.3, 0.4) is 0 Å². The molecule has 1 aromatic carbocycles. The molecule has 0 radical (unpaired) electrons. The summed E-state index contributed by atoms with van der Waals surface area (Å²) >= 11 is 0. The van der Waals surface area contributed by atoms with Crippen molar-refractivity contribution in [1.82, 2.24) is 15.3 Å². The normalized spacial score (nSPS) is 17.9. The van der Waals surface area contributed by atoms with Crippen molar-refractivity contribution in [3.05, 3.63) is 53.5 Å². The van der Waals surface area contributed by atoms with E-state index in [2.05, 4.69) is 50.5 Å². The lowest BCUT2D eigenvalue weighted by atomic mass is 9.94. The number of nitrogens with one attached hydrogen (secondary N) is 1. The van der Waals surface area contributed by atoms with Crippen LogP contribution in [0.1, 0.15) is 16.8 Å². The molecule has 20 heavy (non-hydrogen) atoms. The maximum Gasteiger partial charge on any atom is 0.132 e. The zero-order valence-corrected chi connectivity index (χ0v) is 12.0. The van der Waals surface area contributed by atoms with E-state index in [1.165, 1.54) is 11.1 Å². The van der Waals surface area contributed by atoms with Gasteiger partial charge in [-0.1, -0.05) is 24.3 Å². The SMILES string of the molecule is CNCC1Cc2ccccc2CN1c1cc(C)ncn1. The summed E-state index contributed by atoms with van der Waals surface area (Å²) in [6, 6.07) is 11.2. The first-order valence-corrected chi connectivity index (χ1v) is 7.04. The number of aromatic nitrogens is 2. The van der Waals surface area contributed by atoms with Gasteiger partial charge in [-0.25, -0.2) is 9.97 Å². The van der Waals surface area contributed by atoms with Gasteiger partial charge in [0.05, 0.1) is 0 Å². The number of nitrogens with zero attached hydrogens (tertiary/aromatic N) is 3. The first kappa shape index (κ1) is 13.1. The molecule has 104 valence electrons. The van der Waals surface area contributed by atoms with Crippen LogP contribution in [-0.4, -0.2) is 29.6 Å². The number of hydrogen-bond donors (Lipinski definition) is 1. The molecule has 3 rings (SSSR count). The van der Waals surface area contributed by atoms with Gasteiger partial charge >= 0.3 is 0 Å². The maximum atomic E-state index is 4.46. The van der Waals surface area contributed by atoms with Crippen molar-refractivity contribution in [3.8, 4) is 0 Å². The van der Waals surface area contributed by atoms with Crippen LogP contribution < -0.4 is 10.2 Å². The van der Waals surface area contributed by atoms with Crippen LogP contribution in [0.15, 0.2) is 36.7 Å². The second-order valence-electron chi connectivity index (χ2n) is 5.33. The third-order valence-electron chi connectivity index (χ3n) is 3.88. The number of aryl methyl sites for hydroxylation is 1. The van der Waals surface area contributed by atoms with Crippen molar-refractivity contribution in [2.75, 3.05) is 18.5 Å². The minimum Gasteiger partial charge on any atom is -0.348 e. The van der Waals surface area contributed by atoms with E-state index < -0.39 is 0 Å². The van der Waals surface area contributed by atoms with Crippen molar-refractivity contribution in [1.29, 1.82) is 0 Å². The molecule has 1 N–H and O–H groups in total. The van der Waals surface area contributed by atoms with Crippen molar-refractivity contribution in [2.45, 2.75) is 25.9 Å².